The van der Waals surface area contributed by atoms with Crippen molar-refractivity contribution in [3.05, 3.63) is 35.9 Å². The van der Waals surface area contributed by atoms with E-state index in [0.717, 1.165) is 5.56 Å². The molecule has 0 aliphatic carbocycles. The van der Waals surface area contributed by atoms with Gasteiger partial charge < -0.3 is 9.16 Å². The Morgan fingerprint density at radius 3 is 2.33 bits per heavy atom. The number of azo groups is 1. The number of nitrogens with zero attached hydrogens (tertiary/aromatic N) is 2. The average molecular weight is 349 g/mol. The van der Waals surface area contributed by atoms with Gasteiger partial charge >= 0.3 is 5.97 Å². The monoisotopic (exact) mass is 348 g/mol. The third kappa shape index (κ3) is 3.44. The van der Waals surface area contributed by atoms with Crippen molar-refractivity contribution >= 4 is 14.3 Å². The van der Waals surface area contributed by atoms with Crippen LogP contribution in [0.3, 0.4) is 0 Å². The van der Waals surface area contributed by atoms with Crippen molar-refractivity contribution in [2.45, 2.75) is 57.0 Å². The van der Waals surface area contributed by atoms with E-state index in [-0.39, 0.29) is 11.0 Å². The zero-order valence-corrected chi connectivity index (χ0v) is 16.5. The summed E-state index contributed by atoms with van der Waals surface area (Å²) in [6, 6.07) is 9.82. The van der Waals surface area contributed by atoms with Gasteiger partial charge in [0.05, 0.1) is 13.7 Å². The van der Waals surface area contributed by atoms with Crippen molar-refractivity contribution in [3.63, 3.8) is 0 Å². The molecule has 1 aliphatic heterocycles. The van der Waals surface area contributed by atoms with Gasteiger partial charge in [0.2, 0.25) is 5.54 Å². The number of carbonyl (C=O) groups is 1. The van der Waals surface area contributed by atoms with Crippen LogP contribution < -0.4 is 0 Å². The first-order valence-electron chi connectivity index (χ1n) is 8.34. The topological polar surface area (TPSA) is 60.2 Å². The Balaban J connectivity index is 2.52. The van der Waals surface area contributed by atoms with Gasteiger partial charge in [-0.15, -0.1) is 0 Å². The lowest BCUT2D eigenvalue weighted by atomic mass is 9.86. The summed E-state index contributed by atoms with van der Waals surface area (Å²) in [6.07, 6.45) is 0.0201. The Labute approximate surface area is 145 Å². The van der Waals surface area contributed by atoms with Gasteiger partial charge in [-0.2, -0.15) is 10.2 Å². The highest BCUT2D eigenvalue weighted by Crippen LogP contribution is 2.46. The van der Waals surface area contributed by atoms with Crippen LogP contribution in [0.1, 0.15) is 38.9 Å². The second-order valence-electron chi connectivity index (χ2n) is 7.80. The highest BCUT2D eigenvalue weighted by molar-refractivity contribution is 6.74. The Kier molecular flexibility index (Phi) is 5.30. The molecule has 6 heteroatoms. The summed E-state index contributed by atoms with van der Waals surface area (Å²) in [7, 11) is -0.738. The van der Waals surface area contributed by atoms with Crippen molar-refractivity contribution in [3.8, 4) is 0 Å². The average Bonchev–Trinajstić information content (AvgIpc) is 3.02. The van der Waals surface area contributed by atoms with Crippen LogP contribution in [0, 0.1) is 0 Å². The number of benzene rings is 1. The molecule has 1 aliphatic rings. The summed E-state index contributed by atoms with van der Waals surface area (Å²) in [5, 5.41) is 8.45. The molecular formula is C18H28N2O3Si. The maximum absolute atomic E-state index is 12.6. The van der Waals surface area contributed by atoms with Crippen LogP contribution in [0.5, 0.6) is 0 Å². The summed E-state index contributed by atoms with van der Waals surface area (Å²) < 4.78 is 11.8. The molecule has 0 aromatic heterocycles. The highest BCUT2D eigenvalue weighted by Gasteiger charge is 2.54. The molecule has 132 valence electrons. The Morgan fingerprint density at radius 1 is 1.25 bits per heavy atom. The third-order valence-corrected chi connectivity index (χ3v) is 9.57. The van der Waals surface area contributed by atoms with E-state index in [0.29, 0.717) is 13.0 Å². The van der Waals surface area contributed by atoms with Crippen LogP contribution in [0.4, 0.5) is 0 Å². The third-order valence-electron chi connectivity index (χ3n) is 5.14. The van der Waals surface area contributed by atoms with Gasteiger partial charge in [0.25, 0.3) is 0 Å². The van der Waals surface area contributed by atoms with E-state index in [2.05, 4.69) is 44.1 Å². The maximum atomic E-state index is 12.6. The number of hydrogen-bond donors (Lipinski definition) is 0. The van der Waals surface area contributed by atoms with Crippen LogP contribution in [-0.2, 0) is 14.0 Å². The predicted octanol–water partition coefficient (Wildman–Crippen LogP) is 4.52. The number of rotatable bonds is 5. The van der Waals surface area contributed by atoms with Crippen molar-refractivity contribution in [1.29, 1.82) is 0 Å². The first kappa shape index (κ1) is 18.8. The molecular weight excluding hydrogens is 320 g/mol. The molecule has 0 radical (unpaired) electrons. The predicted molar refractivity (Wildman–Crippen MR) is 96.6 cm³/mol. The number of carbonyl (C=O) groups excluding carboxylic acids is 1. The quantitative estimate of drug-likeness (QED) is 0.581. The largest absolute Gasteiger partial charge is 0.467 e. The summed E-state index contributed by atoms with van der Waals surface area (Å²) >= 11 is 0. The van der Waals surface area contributed by atoms with Gasteiger partial charge in [-0.25, -0.2) is 4.79 Å². The van der Waals surface area contributed by atoms with Crippen LogP contribution in [-0.4, -0.2) is 33.5 Å². The molecule has 0 saturated carbocycles. The molecule has 0 unspecified atom stereocenters. The Morgan fingerprint density at radius 2 is 1.88 bits per heavy atom. The molecule has 0 N–H and O–H groups in total. The van der Waals surface area contributed by atoms with E-state index < -0.39 is 20.0 Å². The fourth-order valence-corrected chi connectivity index (χ4v) is 3.87. The van der Waals surface area contributed by atoms with Gasteiger partial charge in [0, 0.05) is 6.42 Å². The summed E-state index contributed by atoms with van der Waals surface area (Å²) in [4.78, 5) is 12.6. The zero-order chi connectivity index (χ0) is 18.0. The van der Waals surface area contributed by atoms with E-state index in [1.165, 1.54) is 7.11 Å². The molecule has 1 aromatic rings. The first-order chi connectivity index (χ1) is 11.1. The van der Waals surface area contributed by atoms with E-state index in [4.69, 9.17) is 9.16 Å². The minimum atomic E-state index is -2.13. The van der Waals surface area contributed by atoms with Crippen LogP contribution in [0.15, 0.2) is 40.6 Å². The van der Waals surface area contributed by atoms with Gasteiger partial charge in [-0.05, 0) is 23.7 Å². The van der Waals surface area contributed by atoms with E-state index in [9.17, 15) is 4.79 Å². The normalized spacial score (nSPS) is 22.4. The molecule has 0 fully saturated rings. The minimum absolute atomic E-state index is 0.0209. The van der Waals surface area contributed by atoms with Crippen LogP contribution >= 0.6 is 0 Å². The Hall–Kier alpha value is -1.53. The van der Waals surface area contributed by atoms with Crippen molar-refractivity contribution < 1.29 is 14.0 Å². The molecule has 1 aromatic carbocycles. The van der Waals surface area contributed by atoms with E-state index in [1.54, 1.807) is 0 Å². The number of esters is 1. The van der Waals surface area contributed by atoms with Gasteiger partial charge in [0.1, 0.15) is 6.10 Å². The lowest BCUT2D eigenvalue weighted by molar-refractivity contribution is -0.151. The lowest BCUT2D eigenvalue weighted by Crippen LogP contribution is -2.50. The molecule has 5 nitrogen and oxygen atoms in total. The molecule has 0 bridgehead atoms. The summed E-state index contributed by atoms with van der Waals surface area (Å²) in [5.41, 5.74) is -0.153. The number of methoxy groups -OCH3 is 1. The first-order valence-corrected chi connectivity index (χ1v) is 11.2. The molecule has 24 heavy (non-hydrogen) atoms. The van der Waals surface area contributed by atoms with Crippen LogP contribution in [0.2, 0.25) is 18.1 Å². The van der Waals surface area contributed by atoms with Crippen molar-refractivity contribution in [2.75, 3.05) is 13.7 Å². The summed E-state index contributed by atoms with van der Waals surface area (Å²) in [6.45, 7) is 11.4. The number of ether oxygens (including phenoxy) is 1. The maximum Gasteiger partial charge on any atom is 0.338 e. The molecule has 1 heterocycles. The Bertz CT molecular complexity index is 610. The lowest BCUT2D eigenvalue weighted by Gasteiger charge is -2.42. The fourth-order valence-electron chi connectivity index (χ4n) is 2.60. The smallest absolute Gasteiger partial charge is 0.338 e. The van der Waals surface area contributed by atoms with E-state index in [1.807, 2.05) is 30.3 Å². The van der Waals surface area contributed by atoms with Crippen LogP contribution in [0.25, 0.3) is 0 Å². The highest BCUT2D eigenvalue weighted by atomic mass is 28.4. The molecule has 2 rings (SSSR count). The number of hydrogen-bond acceptors (Lipinski definition) is 5. The van der Waals surface area contributed by atoms with Crippen molar-refractivity contribution in [2.24, 2.45) is 10.2 Å². The second-order valence-corrected chi connectivity index (χ2v) is 12.6. The van der Waals surface area contributed by atoms with Gasteiger partial charge in [-0.1, -0.05) is 51.1 Å². The van der Waals surface area contributed by atoms with Gasteiger partial charge in [0.15, 0.2) is 8.32 Å². The minimum Gasteiger partial charge on any atom is -0.467 e. The molecule has 0 spiro atoms. The standard InChI is InChI=1S/C18H28N2O3Si/c1-17(2,3)24(5,6)23-15(14-10-8-7-9-11-14)18(16(21)22-4)12-13-19-20-18/h7-11,15H,12-13H2,1-6H3/t15-,18-/m1/s1. The summed E-state index contributed by atoms with van der Waals surface area (Å²) in [5.74, 6) is -0.378. The van der Waals surface area contributed by atoms with Crippen molar-refractivity contribution in [1.82, 2.24) is 0 Å². The van der Waals surface area contributed by atoms with Gasteiger partial charge in [-0.3, -0.25) is 0 Å². The molecule has 0 amide bonds. The fraction of sp³-hybridized carbons (Fsp3) is 0.611. The second kappa shape index (κ2) is 6.76. The SMILES string of the molecule is COC(=O)[C@]1([C@H](O[Si](C)(C)C(C)(C)C)c2ccccc2)CCN=N1. The zero-order valence-electron chi connectivity index (χ0n) is 15.5. The van der Waals surface area contributed by atoms with E-state index >= 15 is 0 Å². The molecule has 0 saturated heterocycles. The molecule has 2 atom stereocenters.